The zero-order chi connectivity index (χ0) is 14.5. The number of benzene rings is 2. The van der Waals surface area contributed by atoms with Crippen LogP contribution in [0.25, 0.3) is 0 Å². The second kappa shape index (κ2) is 6.74. The van der Waals surface area contributed by atoms with Crippen molar-refractivity contribution in [1.82, 2.24) is 10.2 Å². The molecule has 110 valence electrons. The first kappa shape index (κ1) is 14.1. The molecule has 1 fully saturated rings. The highest BCUT2D eigenvalue weighted by atomic mass is 16.5. The number of nitrogens with zero attached hydrogens (tertiary/aromatic N) is 1. The highest BCUT2D eigenvalue weighted by Gasteiger charge is 2.18. The van der Waals surface area contributed by atoms with Crippen LogP contribution in [0.1, 0.15) is 18.5 Å². The van der Waals surface area contributed by atoms with Gasteiger partial charge in [0.05, 0.1) is 0 Å². The Morgan fingerprint density at radius 1 is 0.952 bits per heavy atom. The first-order valence-electron chi connectivity index (χ1n) is 7.60. The summed E-state index contributed by atoms with van der Waals surface area (Å²) in [6, 6.07) is 18.8. The first-order chi connectivity index (χ1) is 10.3. The van der Waals surface area contributed by atoms with E-state index in [0.717, 1.165) is 37.7 Å². The molecule has 0 radical (unpaired) electrons. The Balaban J connectivity index is 1.73. The summed E-state index contributed by atoms with van der Waals surface area (Å²) in [4.78, 5) is 2.51. The lowest BCUT2D eigenvalue weighted by atomic mass is 10.1. The van der Waals surface area contributed by atoms with Crippen molar-refractivity contribution < 1.29 is 4.74 Å². The maximum Gasteiger partial charge on any atom is 0.127 e. The van der Waals surface area contributed by atoms with Gasteiger partial charge >= 0.3 is 0 Å². The molecule has 2 aromatic carbocycles. The van der Waals surface area contributed by atoms with Gasteiger partial charge in [-0.3, -0.25) is 4.90 Å². The van der Waals surface area contributed by atoms with Crippen LogP contribution in [0.15, 0.2) is 54.6 Å². The normalized spacial score (nSPS) is 17.4. The molecule has 1 atom stereocenters. The standard InChI is InChI=1S/C18H22N2O/c1-15(20-12-10-19-11-13-20)16-6-5-9-18(14-16)21-17-7-3-2-4-8-17/h2-9,14-15,19H,10-13H2,1H3/t15-/m0/s1. The molecular formula is C18H22N2O. The number of ether oxygens (including phenoxy) is 1. The van der Waals surface area contributed by atoms with Gasteiger partial charge in [0.15, 0.2) is 0 Å². The van der Waals surface area contributed by atoms with Crippen LogP contribution in [0.4, 0.5) is 0 Å². The average molecular weight is 282 g/mol. The molecule has 0 aromatic heterocycles. The summed E-state index contributed by atoms with van der Waals surface area (Å²) in [5.41, 5.74) is 1.31. The van der Waals surface area contributed by atoms with Crippen molar-refractivity contribution in [2.24, 2.45) is 0 Å². The number of piperazine rings is 1. The molecule has 3 rings (SSSR count). The molecule has 0 spiro atoms. The van der Waals surface area contributed by atoms with Gasteiger partial charge in [-0.15, -0.1) is 0 Å². The maximum atomic E-state index is 5.93. The topological polar surface area (TPSA) is 24.5 Å². The van der Waals surface area contributed by atoms with E-state index in [9.17, 15) is 0 Å². The quantitative estimate of drug-likeness (QED) is 0.929. The molecular weight excluding hydrogens is 260 g/mol. The Morgan fingerprint density at radius 2 is 1.67 bits per heavy atom. The van der Waals surface area contributed by atoms with Gasteiger partial charge in [0.2, 0.25) is 0 Å². The molecule has 1 aliphatic heterocycles. The molecule has 0 saturated carbocycles. The minimum atomic E-state index is 0.423. The number of nitrogens with one attached hydrogen (secondary N) is 1. The van der Waals surface area contributed by atoms with Crippen molar-refractivity contribution in [3.05, 3.63) is 60.2 Å². The Labute approximate surface area is 126 Å². The number of para-hydroxylation sites is 1. The summed E-state index contributed by atoms with van der Waals surface area (Å²) >= 11 is 0. The highest BCUT2D eigenvalue weighted by molar-refractivity contribution is 5.35. The molecule has 3 heteroatoms. The van der Waals surface area contributed by atoms with E-state index in [4.69, 9.17) is 4.74 Å². The summed E-state index contributed by atoms with van der Waals surface area (Å²) in [5, 5.41) is 3.40. The van der Waals surface area contributed by atoms with Crippen LogP contribution < -0.4 is 10.1 Å². The van der Waals surface area contributed by atoms with Crippen LogP contribution in [0.3, 0.4) is 0 Å². The molecule has 21 heavy (non-hydrogen) atoms. The fourth-order valence-corrected chi connectivity index (χ4v) is 2.74. The van der Waals surface area contributed by atoms with E-state index in [-0.39, 0.29) is 0 Å². The predicted molar refractivity (Wildman–Crippen MR) is 85.8 cm³/mol. The Hall–Kier alpha value is -1.84. The average Bonchev–Trinajstić information content (AvgIpc) is 2.56. The van der Waals surface area contributed by atoms with Gasteiger partial charge < -0.3 is 10.1 Å². The van der Waals surface area contributed by atoms with E-state index in [1.165, 1.54) is 5.56 Å². The monoisotopic (exact) mass is 282 g/mol. The van der Waals surface area contributed by atoms with Gasteiger partial charge in [0.25, 0.3) is 0 Å². The summed E-state index contributed by atoms with van der Waals surface area (Å²) in [6.45, 7) is 6.62. The van der Waals surface area contributed by atoms with Gasteiger partial charge in [-0.1, -0.05) is 30.3 Å². The summed E-state index contributed by atoms with van der Waals surface area (Å²) in [7, 11) is 0. The lowest BCUT2D eigenvalue weighted by Gasteiger charge is -2.33. The number of hydrogen-bond acceptors (Lipinski definition) is 3. The third-order valence-electron chi connectivity index (χ3n) is 4.02. The Bertz CT molecular complexity index is 564. The van der Waals surface area contributed by atoms with E-state index in [2.05, 4.69) is 35.3 Å². The highest BCUT2D eigenvalue weighted by Crippen LogP contribution is 2.27. The van der Waals surface area contributed by atoms with Crippen molar-refractivity contribution in [3.63, 3.8) is 0 Å². The Kier molecular flexibility index (Phi) is 4.53. The second-order valence-corrected chi connectivity index (χ2v) is 5.45. The van der Waals surface area contributed by atoms with Crippen LogP contribution in [-0.4, -0.2) is 31.1 Å². The number of rotatable bonds is 4. The smallest absolute Gasteiger partial charge is 0.127 e. The van der Waals surface area contributed by atoms with Crippen LogP contribution in [0.5, 0.6) is 11.5 Å². The van der Waals surface area contributed by atoms with Crippen molar-refractivity contribution in [2.45, 2.75) is 13.0 Å². The van der Waals surface area contributed by atoms with Gasteiger partial charge in [0.1, 0.15) is 11.5 Å². The van der Waals surface area contributed by atoms with E-state index in [0.29, 0.717) is 6.04 Å². The van der Waals surface area contributed by atoms with Gasteiger partial charge in [0, 0.05) is 32.2 Å². The molecule has 1 aliphatic rings. The van der Waals surface area contributed by atoms with E-state index in [1.54, 1.807) is 0 Å². The molecule has 0 unspecified atom stereocenters. The summed E-state index contributed by atoms with van der Waals surface area (Å²) in [6.07, 6.45) is 0. The van der Waals surface area contributed by atoms with Crippen LogP contribution in [0.2, 0.25) is 0 Å². The molecule has 1 N–H and O–H groups in total. The first-order valence-corrected chi connectivity index (χ1v) is 7.60. The van der Waals surface area contributed by atoms with Crippen molar-refractivity contribution in [3.8, 4) is 11.5 Å². The van der Waals surface area contributed by atoms with E-state index in [1.807, 2.05) is 36.4 Å². The minimum Gasteiger partial charge on any atom is -0.457 e. The van der Waals surface area contributed by atoms with Gasteiger partial charge in [-0.25, -0.2) is 0 Å². The SMILES string of the molecule is C[C@@H](c1cccc(Oc2ccccc2)c1)N1CCNCC1. The molecule has 1 saturated heterocycles. The van der Waals surface area contributed by atoms with Crippen molar-refractivity contribution in [1.29, 1.82) is 0 Å². The largest absolute Gasteiger partial charge is 0.457 e. The minimum absolute atomic E-state index is 0.423. The fourth-order valence-electron chi connectivity index (χ4n) is 2.74. The van der Waals surface area contributed by atoms with E-state index < -0.39 is 0 Å². The van der Waals surface area contributed by atoms with Crippen LogP contribution in [-0.2, 0) is 0 Å². The van der Waals surface area contributed by atoms with Crippen LogP contribution >= 0.6 is 0 Å². The predicted octanol–water partition coefficient (Wildman–Crippen LogP) is 3.45. The summed E-state index contributed by atoms with van der Waals surface area (Å²) in [5.74, 6) is 1.78. The lowest BCUT2D eigenvalue weighted by Crippen LogP contribution is -2.44. The number of hydrogen-bond donors (Lipinski definition) is 1. The molecule has 0 amide bonds. The molecule has 2 aromatic rings. The third-order valence-corrected chi connectivity index (χ3v) is 4.02. The molecule has 0 aliphatic carbocycles. The van der Waals surface area contributed by atoms with Gasteiger partial charge in [-0.05, 0) is 36.8 Å². The zero-order valence-corrected chi connectivity index (χ0v) is 12.5. The maximum absolute atomic E-state index is 5.93. The van der Waals surface area contributed by atoms with E-state index >= 15 is 0 Å². The van der Waals surface area contributed by atoms with Crippen molar-refractivity contribution in [2.75, 3.05) is 26.2 Å². The zero-order valence-electron chi connectivity index (χ0n) is 12.5. The summed E-state index contributed by atoms with van der Waals surface area (Å²) < 4.78 is 5.93. The fraction of sp³-hybridized carbons (Fsp3) is 0.333. The lowest BCUT2D eigenvalue weighted by molar-refractivity contribution is 0.185. The molecule has 1 heterocycles. The van der Waals surface area contributed by atoms with Crippen LogP contribution in [0, 0.1) is 0 Å². The Morgan fingerprint density at radius 3 is 2.43 bits per heavy atom. The van der Waals surface area contributed by atoms with Crippen molar-refractivity contribution >= 4 is 0 Å². The second-order valence-electron chi connectivity index (χ2n) is 5.45. The molecule has 0 bridgehead atoms. The third kappa shape index (κ3) is 3.63. The van der Waals surface area contributed by atoms with Gasteiger partial charge in [-0.2, -0.15) is 0 Å². The molecule has 3 nitrogen and oxygen atoms in total.